The summed E-state index contributed by atoms with van der Waals surface area (Å²) in [4.78, 5) is 19.5. The average Bonchev–Trinajstić information content (AvgIpc) is 3.59. The summed E-state index contributed by atoms with van der Waals surface area (Å²) in [5.74, 6) is 1.38. The lowest BCUT2D eigenvalue weighted by Gasteiger charge is -2.30. The van der Waals surface area contributed by atoms with Crippen molar-refractivity contribution in [2.24, 2.45) is 0 Å². The molecule has 0 aliphatic heterocycles. The number of hydrogen-bond acceptors (Lipinski definition) is 4. The van der Waals surface area contributed by atoms with E-state index in [1.807, 2.05) is 12.1 Å². The highest BCUT2D eigenvalue weighted by molar-refractivity contribution is 5.93. The molecule has 2 aliphatic rings. The molecule has 0 bridgehead atoms. The molecule has 0 radical (unpaired) electrons. The van der Waals surface area contributed by atoms with Crippen LogP contribution in [0.3, 0.4) is 0 Å². The predicted molar refractivity (Wildman–Crippen MR) is 135 cm³/mol. The van der Waals surface area contributed by atoms with Crippen LogP contribution in [0.1, 0.15) is 43.6 Å². The molecule has 0 saturated heterocycles. The number of rotatable bonds is 6. The first-order chi connectivity index (χ1) is 16.1. The second kappa shape index (κ2) is 9.30. The van der Waals surface area contributed by atoms with Crippen LogP contribution in [0, 0.1) is 0 Å². The van der Waals surface area contributed by atoms with Gasteiger partial charge >= 0.3 is 6.03 Å². The molecule has 3 aromatic rings. The monoisotopic (exact) mass is 443 g/mol. The standard InChI is InChI=1S/C27H33N5O/c1-32(2)25-17-26(30-23-11-7-6-10-21(23)25)28-19-12-14-20(15-13-19)29-27(33)31-24-16-22(24)18-8-4-3-5-9-18/h3-11,17,19-20,22,24H,12-16H2,1-2H3,(H,28,30)(H2,29,31,33)/t19?,20?,22-,24?/m0/s1. The number of pyridine rings is 1. The Labute approximate surface area is 195 Å². The maximum Gasteiger partial charge on any atom is 0.315 e. The fourth-order valence-electron chi connectivity index (χ4n) is 5.01. The number of para-hydroxylation sites is 1. The van der Waals surface area contributed by atoms with Crippen LogP contribution in [0.25, 0.3) is 10.9 Å². The Morgan fingerprint density at radius 2 is 1.61 bits per heavy atom. The van der Waals surface area contributed by atoms with Crippen molar-refractivity contribution in [1.29, 1.82) is 0 Å². The lowest BCUT2D eigenvalue weighted by molar-refractivity contribution is 0.231. The first kappa shape index (κ1) is 21.6. The molecule has 2 aliphatic carbocycles. The summed E-state index contributed by atoms with van der Waals surface area (Å²) in [5, 5.41) is 11.2. The molecular weight excluding hydrogens is 410 g/mol. The number of fused-ring (bicyclic) bond motifs is 1. The van der Waals surface area contributed by atoms with Crippen LogP contribution in [-0.4, -0.2) is 43.2 Å². The van der Waals surface area contributed by atoms with Crippen LogP contribution >= 0.6 is 0 Å². The van der Waals surface area contributed by atoms with Gasteiger partial charge < -0.3 is 20.9 Å². The van der Waals surface area contributed by atoms with Gasteiger partial charge in [-0.05, 0) is 43.7 Å². The highest BCUT2D eigenvalue weighted by atomic mass is 16.2. The Hall–Kier alpha value is -3.28. The molecule has 33 heavy (non-hydrogen) atoms. The van der Waals surface area contributed by atoms with Gasteiger partial charge in [-0.25, -0.2) is 9.78 Å². The van der Waals surface area contributed by atoms with Crippen LogP contribution in [0.2, 0.25) is 0 Å². The summed E-state index contributed by atoms with van der Waals surface area (Å²) >= 11 is 0. The van der Waals surface area contributed by atoms with Crippen LogP contribution in [-0.2, 0) is 0 Å². The summed E-state index contributed by atoms with van der Waals surface area (Å²) < 4.78 is 0. The van der Waals surface area contributed by atoms with Gasteiger partial charge in [0.2, 0.25) is 0 Å². The highest BCUT2D eigenvalue weighted by Gasteiger charge is 2.39. The Kier molecular flexibility index (Phi) is 6.07. The van der Waals surface area contributed by atoms with Crippen molar-refractivity contribution < 1.29 is 4.79 Å². The van der Waals surface area contributed by atoms with Crippen LogP contribution in [0.4, 0.5) is 16.3 Å². The minimum Gasteiger partial charge on any atom is -0.377 e. The van der Waals surface area contributed by atoms with Crippen LogP contribution in [0.15, 0.2) is 60.7 Å². The van der Waals surface area contributed by atoms with E-state index in [4.69, 9.17) is 4.98 Å². The van der Waals surface area contributed by atoms with Crippen molar-refractivity contribution in [1.82, 2.24) is 15.6 Å². The largest absolute Gasteiger partial charge is 0.377 e. The Bertz CT molecular complexity index is 1110. The lowest BCUT2D eigenvalue weighted by Crippen LogP contribution is -2.45. The van der Waals surface area contributed by atoms with Gasteiger partial charge in [-0.3, -0.25) is 0 Å². The number of aromatic nitrogens is 1. The van der Waals surface area contributed by atoms with E-state index in [-0.39, 0.29) is 18.1 Å². The topological polar surface area (TPSA) is 69.3 Å². The highest BCUT2D eigenvalue weighted by Crippen LogP contribution is 2.40. The third-order valence-corrected chi connectivity index (χ3v) is 6.93. The number of anilines is 2. The zero-order valence-corrected chi connectivity index (χ0v) is 19.4. The second-order valence-electron chi connectivity index (χ2n) is 9.61. The quantitative estimate of drug-likeness (QED) is 0.508. The number of nitrogens with one attached hydrogen (secondary N) is 3. The van der Waals surface area contributed by atoms with Crippen LogP contribution < -0.4 is 20.9 Å². The van der Waals surface area contributed by atoms with Crippen molar-refractivity contribution in [2.45, 2.75) is 56.1 Å². The number of carbonyl (C=O) groups excluding carboxylic acids is 1. The first-order valence-corrected chi connectivity index (χ1v) is 12.0. The zero-order valence-electron chi connectivity index (χ0n) is 19.4. The molecule has 5 rings (SSSR count). The molecular formula is C27H33N5O. The van der Waals surface area contributed by atoms with Gasteiger partial charge in [-0.1, -0.05) is 48.5 Å². The van der Waals surface area contributed by atoms with Crippen molar-refractivity contribution in [3.63, 3.8) is 0 Å². The molecule has 2 saturated carbocycles. The molecule has 2 fully saturated rings. The molecule has 0 spiro atoms. The van der Waals surface area contributed by atoms with Gasteiger partial charge in [0, 0.05) is 55.3 Å². The van der Waals surface area contributed by atoms with E-state index in [9.17, 15) is 4.79 Å². The lowest BCUT2D eigenvalue weighted by atomic mass is 9.91. The molecule has 2 aromatic carbocycles. The molecule has 2 atom stereocenters. The van der Waals surface area contributed by atoms with E-state index >= 15 is 0 Å². The van der Waals surface area contributed by atoms with E-state index in [0.29, 0.717) is 12.0 Å². The summed E-state index contributed by atoms with van der Waals surface area (Å²) in [6.45, 7) is 0. The SMILES string of the molecule is CN(C)c1cc(NC2CCC(NC(=O)NC3C[C@H]3c3ccccc3)CC2)nc2ccccc12. The molecule has 2 amide bonds. The van der Waals surface area contributed by atoms with E-state index < -0.39 is 0 Å². The molecule has 3 N–H and O–H groups in total. The maximum absolute atomic E-state index is 12.5. The minimum absolute atomic E-state index is 0.0262. The fraction of sp³-hybridized carbons (Fsp3) is 0.407. The fourth-order valence-corrected chi connectivity index (χ4v) is 5.01. The van der Waals surface area contributed by atoms with Crippen LogP contribution in [0.5, 0.6) is 0 Å². The summed E-state index contributed by atoms with van der Waals surface area (Å²) in [7, 11) is 4.13. The van der Waals surface area contributed by atoms with Gasteiger partial charge in [0.25, 0.3) is 0 Å². The number of hydrogen-bond donors (Lipinski definition) is 3. The minimum atomic E-state index is -0.0262. The maximum atomic E-state index is 12.5. The summed E-state index contributed by atoms with van der Waals surface area (Å²) in [6, 6.07) is 21.7. The van der Waals surface area contributed by atoms with Gasteiger partial charge in [-0.15, -0.1) is 0 Å². The third-order valence-electron chi connectivity index (χ3n) is 6.93. The van der Waals surface area contributed by atoms with Gasteiger partial charge in [-0.2, -0.15) is 0 Å². The number of urea groups is 1. The van der Waals surface area contributed by atoms with Crippen molar-refractivity contribution in [3.05, 3.63) is 66.2 Å². The van der Waals surface area contributed by atoms with Crippen molar-refractivity contribution >= 4 is 28.4 Å². The molecule has 6 nitrogen and oxygen atoms in total. The molecule has 1 heterocycles. The summed E-state index contributed by atoms with van der Waals surface area (Å²) in [5.41, 5.74) is 3.49. The summed E-state index contributed by atoms with van der Waals surface area (Å²) in [6.07, 6.45) is 5.03. The Balaban J connectivity index is 1.11. The molecule has 6 heteroatoms. The van der Waals surface area contributed by atoms with Gasteiger partial charge in [0.15, 0.2) is 0 Å². The van der Waals surface area contributed by atoms with Gasteiger partial charge in [0.05, 0.1) is 5.52 Å². The average molecular weight is 444 g/mol. The molecule has 172 valence electrons. The molecule has 1 unspecified atom stereocenters. The Morgan fingerprint density at radius 1 is 0.909 bits per heavy atom. The van der Waals surface area contributed by atoms with Crippen molar-refractivity contribution in [3.8, 4) is 0 Å². The normalized spacial score (nSPS) is 24.2. The second-order valence-corrected chi connectivity index (χ2v) is 9.61. The van der Waals surface area contributed by atoms with E-state index in [2.05, 4.69) is 83.5 Å². The third kappa shape index (κ3) is 5.05. The molecule has 1 aromatic heterocycles. The van der Waals surface area contributed by atoms with Crippen molar-refractivity contribution in [2.75, 3.05) is 24.3 Å². The number of carbonyl (C=O) groups is 1. The van der Waals surface area contributed by atoms with E-state index in [0.717, 1.165) is 48.8 Å². The smallest absolute Gasteiger partial charge is 0.315 e. The van der Waals surface area contributed by atoms with E-state index in [1.165, 1.54) is 11.3 Å². The Morgan fingerprint density at radius 3 is 2.36 bits per heavy atom. The van der Waals surface area contributed by atoms with Gasteiger partial charge in [0.1, 0.15) is 5.82 Å². The predicted octanol–water partition coefficient (Wildman–Crippen LogP) is 4.88. The number of benzene rings is 2. The zero-order chi connectivity index (χ0) is 22.8. The number of amides is 2. The first-order valence-electron chi connectivity index (χ1n) is 12.0. The number of nitrogens with zero attached hydrogens (tertiary/aromatic N) is 2. The van der Waals surface area contributed by atoms with E-state index in [1.54, 1.807) is 0 Å².